The second kappa shape index (κ2) is 7.31. The van der Waals surface area contributed by atoms with E-state index in [1.54, 1.807) is 0 Å². The molecule has 4 rings (SSSR count). The Balaban J connectivity index is 1.63. The number of fused-ring (bicyclic) bond motifs is 1. The predicted octanol–water partition coefficient (Wildman–Crippen LogP) is 5.27. The third-order valence-corrected chi connectivity index (χ3v) is 9.39. The lowest BCUT2D eigenvalue weighted by Crippen LogP contribution is -2.59. The van der Waals surface area contributed by atoms with Crippen molar-refractivity contribution >= 4 is 50.2 Å². The molecule has 1 N–H and O–H groups in total. The molecule has 0 radical (unpaired) electrons. The molecule has 29 heavy (non-hydrogen) atoms. The van der Waals surface area contributed by atoms with Crippen LogP contribution in [-0.2, 0) is 0 Å². The number of aromatic nitrogens is 3. The fraction of sp³-hybridized carbons (Fsp3) is 0.476. The average molecular weight is 523 g/mol. The van der Waals surface area contributed by atoms with Gasteiger partial charge < -0.3 is 10.0 Å². The molecule has 154 valence electrons. The van der Waals surface area contributed by atoms with E-state index < -0.39 is 0 Å². The van der Waals surface area contributed by atoms with Crippen LogP contribution in [0, 0.1) is 0 Å². The van der Waals surface area contributed by atoms with Gasteiger partial charge in [0.15, 0.2) is 5.01 Å². The van der Waals surface area contributed by atoms with E-state index in [1.165, 1.54) is 11.3 Å². The van der Waals surface area contributed by atoms with Gasteiger partial charge in [-0.25, -0.2) is 8.10 Å². The van der Waals surface area contributed by atoms with Crippen LogP contribution in [0.25, 0.3) is 21.5 Å². The Labute approximate surface area is 189 Å². The highest BCUT2D eigenvalue weighted by Crippen LogP contribution is 2.44. The number of rotatable bonds is 3. The summed E-state index contributed by atoms with van der Waals surface area (Å²) in [4.78, 5) is 6.57. The Hall–Kier alpha value is -1.52. The summed E-state index contributed by atoms with van der Waals surface area (Å²) in [6, 6.07) is 10.1. The number of halogens is 1. The quantitative estimate of drug-likeness (QED) is 0.373. The Kier molecular flexibility index (Phi) is 5.23. The molecule has 1 aromatic carbocycles. The first-order valence-electron chi connectivity index (χ1n) is 9.70. The largest absolute Gasteiger partial charge is 0.493 e. The van der Waals surface area contributed by atoms with E-state index in [0.29, 0.717) is 16.6 Å². The Bertz CT molecular complexity index is 1030. The summed E-state index contributed by atoms with van der Waals surface area (Å²) < 4.78 is 2.45. The first kappa shape index (κ1) is 20.7. The van der Waals surface area contributed by atoms with Crippen molar-refractivity contribution in [1.29, 1.82) is 0 Å². The van der Waals surface area contributed by atoms with Crippen LogP contribution in [0.3, 0.4) is 0 Å². The maximum absolute atomic E-state index is 10.4. The highest BCUT2D eigenvalue weighted by Gasteiger charge is 2.45. The molecule has 6 nitrogen and oxygen atoms in total. The van der Waals surface area contributed by atoms with E-state index in [2.05, 4.69) is 80.8 Å². The normalized spacial score (nSPS) is 19.5. The molecule has 0 amide bonds. The topological polar surface area (TPSA) is 65.4 Å². The molecular formula is C21H26IN5OS. The van der Waals surface area contributed by atoms with Crippen LogP contribution in [0.4, 0.5) is 5.13 Å². The third-order valence-electron chi connectivity index (χ3n) is 5.73. The lowest BCUT2D eigenvalue weighted by atomic mass is 9.79. The highest BCUT2D eigenvalue weighted by molar-refractivity contribution is 14.1. The maximum Gasteiger partial charge on any atom is 0.222 e. The molecule has 0 spiro atoms. The fourth-order valence-electron chi connectivity index (χ4n) is 4.37. The van der Waals surface area contributed by atoms with Gasteiger partial charge in [-0.05, 0) is 52.7 Å². The van der Waals surface area contributed by atoms with E-state index in [1.807, 2.05) is 30.3 Å². The molecule has 2 aromatic heterocycles. The van der Waals surface area contributed by atoms with Gasteiger partial charge in [-0.3, -0.25) is 0 Å². The first-order chi connectivity index (χ1) is 13.6. The summed E-state index contributed by atoms with van der Waals surface area (Å²) in [6.07, 6.45) is 2.10. The maximum atomic E-state index is 10.4. The monoisotopic (exact) mass is 523 g/mol. The van der Waals surface area contributed by atoms with Gasteiger partial charge in [0.05, 0.1) is 11.1 Å². The van der Waals surface area contributed by atoms with E-state index in [9.17, 15) is 5.11 Å². The predicted molar refractivity (Wildman–Crippen MR) is 128 cm³/mol. The van der Waals surface area contributed by atoms with Crippen molar-refractivity contribution in [2.75, 3.05) is 11.9 Å². The molecule has 0 atom stereocenters. The summed E-state index contributed by atoms with van der Waals surface area (Å²) in [5.74, 6) is -0.00506. The number of benzene rings is 1. The molecule has 1 saturated heterocycles. The second-order valence-corrected chi connectivity index (χ2v) is 10.9. The number of piperidine rings is 1. The number of nitrogens with zero attached hydrogens (tertiary/aromatic N) is 5. The SMILES string of the molecule is CN(c1nnc(-c2cc3ccccc3nc2O)s1)C1CC(C)(C)N(I)C(C)(C)C1. The van der Waals surface area contributed by atoms with Gasteiger partial charge in [-0.15, -0.1) is 10.2 Å². The minimum Gasteiger partial charge on any atom is -0.493 e. The summed E-state index contributed by atoms with van der Waals surface area (Å²) in [7, 11) is 2.10. The lowest BCUT2D eigenvalue weighted by molar-refractivity contribution is 0.0724. The second-order valence-electron chi connectivity index (χ2n) is 9.02. The third kappa shape index (κ3) is 3.82. The Morgan fingerprint density at radius 3 is 2.48 bits per heavy atom. The summed E-state index contributed by atoms with van der Waals surface area (Å²) >= 11 is 3.97. The van der Waals surface area contributed by atoms with Crippen LogP contribution in [0.2, 0.25) is 0 Å². The highest BCUT2D eigenvalue weighted by atomic mass is 127. The van der Waals surface area contributed by atoms with Crippen molar-refractivity contribution in [3.63, 3.8) is 0 Å². The van der Waals surface area contributed by atoms with Crippen molar-refractivity contribution in [3.8, 4) is 16.5 Å². The molecular weight excluding hydrogens is 497 g/mol. The van der Waals surface area contributed by atoms with Crippen molar-refractivity contribution in [2.24, 2.45) is 0 Å². The molecule has 8 heteroatoms. The average Bonchev–Trinajstić information content (AvgIpc) is 3.14. The van der Waals surface area contributed by atoms with Gasteiger partial charge in [0.1, 0.15) is 0 Å². The van der Waals surface area contributed by atoms with Gasteiger partial charge in [-0.1, -0.05) is 29.5 Å². The van der Waals surface area contributed by atoms with Gasteiger partial charge in [0, 0.05) is 52.4 Å². The van der Waals surface area contributed by atoms with Gasteiger partial charge in [0.25, 0.3) is 0 Å². The first-order valence-corrected chi connectivity index (χ1v) is 11.5. The van der Waals surface area contributed by atoms with Crippen LogP contribution in [0.15, 0.2) is 30.3 Å². The molecule has 1 aliphatic rings. The Morgan fingerprint density at radius 1 is 1.14 bits per heavy atom. The van der Waals surface area contributed by atoms with Crippen LogP contribution in [0.5, 0.6) is 5.88 Å². The van der Waals surface area contributed by atoms with Crippen molar-refractivity contribution in [3.05, 3.63) is 30.3 Å². The van der Waals surface area contributed by atoms with Crippen LogP contribution in [-0.4, -0.2) is 47.6 Å². The van der Waals surface area contributed by atoms with E-state index in [-0.39, 0.29) is 17.0 Å². The standard InChI is InChI=1S/C21H26IN5OS/c1-20(2)11-14(12-21(3,4)27(20)22)26(5)19-25-24-18(29-19)15-10-13-8-6-7-9-16(13)23-17(15)28/h6-10,14H,11-12H2,1-5H3,(H,23,28). The van der Waals surface area contributed by atoms with Crippen molar-refractivity contribution in [2.45, 2.75) is 57.7 Å². The van der Waals surface area contributed by atoms with Crippen molar-refractivity contribution in [1.82, 2.24) is 18.3 Å². The van der Waals surface area contributed by atoms with E-state index in [4.69, 9.17) is 0 Å². The Morgan fingerprint density at radius 2 is 1.79 bits per heavy atom. The van der Waals surface area contributed by atoms with E-state index in [0.717, 1.165) is 28.9 Å². The van der Waals surface area contributed by atoms with Crippen molar-refractivity contribution < 1.29 is 5.11 Å². The molecule has 1 aliphatic heterocycles. The molecule has 0 aliphatic carbocycles. The lowest BCUT2D eigenvalue weighted by Gasteiger charge is -2.53. The zero-order valence-electron chi connectivity index (χ0n) is 17.3. The van der Waals surface area contributed by atoms with Crippen LogP contribution >= 0.6 is 34.2 Å². The van der Waals surface area contributed by atoms with Crippen LogP contribution in [0.1, 0.15) is 40.5 Å². The summed E-state index contributed by atoms with van der Waals surface area (Å²) in [5.41, 5.74) is 1.58. The molecule has 0 unspecified atom stereocenters. The van der Waals surface area contributed by atoms with E-state index >= 15 is 0 Å². The summed E-state index contributed by atoms with van der Waals surface area (Å²) in [6.45, 7) is 9.19. The summed E-state index contributed by atoms with van der Waals surface area (Å²) in [5, 5.41) is 21.8. The molecule has 0 saturated carbocycles. The molecule has 0 bridgehead atoms. The van der Waals surface area contributed by atoms with Gasteiger partial charge in [0.2, 0.25) is 11.0 Å². The van der Waals surface area contributed by atoms with Crippen LogP contribution < -0.4 is 4.90 Å². The van der Waals surface area contributed by atoms with Gasteiger partial charge >= 0.3 is 0 Å². The fourth-order valence-corrected chi connectivity index (χ4v) is 5.65. The zero-order valence-corrected chi connectivity index (χ0v) is 20.3. The minimum atomic E-state index is -0.00506. The molecule has 3 aromatic rings. The molecule has 1 fully saturated rings. The number of anilines is 1. The number of para-hydroxylation sites is 1. The molecule has 3 heterocycles. The van der Waals surface area contributed by atoms with Gasteiger partial charge in [-0.2, -0.15) is 0 Å². The zero-order chi connectivity index (χ0) is 21.0. The number of hydrogen-bond donors (Lipinski definition) is 1. The minimum absolute atomic E-state index is 0.00506. The number of aromatic hydroxyl groups is 1. The smallest absolute Gasteiger partial charge is 0.222 e. The number of pyridine rings is 1. The number of hydrogen-bond acceptors (Lipinski definition) is 7.